The van der Waals surface area contributed by atoms with E-state index in [0.29, 0.717) is 5.13 Å². The van der Waals surface area contributed by atoms with Gasteiger partial charge in [0.1, 0.15) is 6.61 Å². The maximum Gasteiger partial charge on any atom is 0.252 e. The van der Waals surface area contributed by atoms with E-state index in [2.05, 4.69) is 15.0 Å². The maximum absolute atomic E-state index is 11.0. The first-order chi connectivity index (χ1) is 6.26. The number of amides is 1. The van der Waals surface area contributed by atoms with Crippen molar-refractivity contribution in [3.05, 3.63) is 11.1 Å². The van der Waals surface area contributed by atoms with Crippen molar-refractivity contribution in [3.8, 4) is 0 Å². The van der Waals surface area contributed by atoms with Crippen LogP contribution < -0.4 is 5.32 Å². The van der Waals surface area contributed by atoms with Crippen molar-refractivity contribution >= 4 is 22.4 Å². The van der Waals surface area contributed by atoms with Crippen molar-refractivity contribution in [2.75, 3.05) is 19.0 Å². The van der Waals surface area contributed by atoms with Crippen LogP contribution in [0.4, 0.5) is 5.13 Å². The summed E-state index contributed by atoms with van der Waals surface area (Å²) in [4.78, 5) is 15.2. The Labute approximate surface area is 80.9 Å². The molecule has 0 spiro atoms. The first-order valence-electron chi connectivity index (χ1n) is 3.99. The van der Waals surface area contributed by atoms with Gasteiger partial charge >= 0.3 is 0 Å². The van der Waals surface area contributed by atoms with Gasteiger partial charge in [0, 0.05) is 12.5 Å². The highest BCUT2D eigenvalue weighted by Gasteiger charge is 2.04. The lowest BCUT2D eigenvalue weighted by Gasteiger charge is -1.98. The number of nitrogens with one attached hydrogen (secondary N) is 1. The van der Waals surface area contributed by atoms with Crippen molar-refractivity contribution in [2.45, 2.75) is 13.3 Å². The molecule has 0 saturated heterocycles. The lowest BCUT2D eigenvalue weighted by molar-refractivity contribution is -0.119. The van der Waals surface area contributed by atoms with Crippen LogP contribution in [-0.4, -0.2) is 24.6 Å². The third kappa shape index (κ3) is 3.12. The van der Waals surface area contributed by atoms with E-state index in [9.17, 15) is 4.79 Å². The zero-order valence-electron chi connectivity index (χ0n) is 7.66. The van der Waals surface area contributed by atoms with Crippen LogP contribution in [0, 0.1) is 0 Å². The van der Waals surface area contributed by atoms with Crippen LogP contribution in [0.3, 0.4) is 0 Å². The molecular formula is C8H12N2O2S. The molecule has 1 aromatic rings. The van der Waals surface area contributed by atoms with Crippen LogP contribution in [0.2, 0.25) is 0 Å². The van der Waals surface area contributed by atoms with Gasteiger partial charge in [-0.3, -0.25) is 10.1 Å². The van der Waals surface area contributed by atoms with E-state index in [-0.39, 0.29) is 12.5 Å². The van der Waals surface area contributed by atoms with Gasteiger partial charge in [0.25, 0.3) is 5.91 Å². The molecule has 0 saturated carbocycles. The maximum atomic E-state index is 11.0. The Morgan fingerprint density at radius 2 is 2.54 bits per heavy atom. The minimum Gasteiger partial charge on any atom is -0.375 e. The predicted molar refractivity (Wildman–Crippen MR) is 52.0 cm³/mol. The van der Waals surface area contributed by atoms with Crippen LogP contribution in [-0.2, 0) is 16.0 Å². The number of hydrogen-bond acceptors (Lipinski definition) is 4. The van der Waals surface area contributed by atoms with E-state index in [1.165, 1.54) is 18.4 Å². The molecule has 1 amide bonds. The standard InChI is InChI=1S/C8H12N2O2S/c1-3-6-5-13-8(9-6)10-7(11)4-12-2/h5H,3-4H2,1-2H3,(H,9,10,11). The van der Waals surface area contributed by atoms with Crippen LogP contribution in [0.25, 0.3) is 0 Å². The van der Waals surface area contributed by atoms with E-state index in [4.69, 9.17) is 0 Å². The van der Waals surface area contributed by atoms with Crippen LogP contribution in [0.1, 0.15) is 12.6 Å². The van der Waals surface area contributed by atoms with E-state index in [0.717, 1.165) is 12.1 Å². The average molecular weight is 200 g/mol. The average Bonchev–Trinajstić information content (AvgIpc) is 2.52. The highest BCUT2D eigenvalue weighted by atomic mass is 32.1. The van der Waals surface area contributed by atoms with Gasteiger partial charge in [-0.25, -0.2) is 4.98 Å². The molecule has 72 valence electrons. The van der Waals surface area contributed by atoms with E-state index in [1.807, 2.05) is 12.3 Å². The fraction of sp³-hybridized carbons (Fsp3) is 0.500. The zero-order chi connectivity index (χ0) is 9.68. The Kier molecular flexibility index (Phi) is 3.85. The fourth-order valence-corrected chi connectivity index (χ4v) is 1.62. The number of rotatable bonds is 4. The molecule has 1 rings (SSSR count). The molecular weight excluding hydrogens is 188 g/mol. The third-order valence-electron chi connectivity index (χ3n) is 1.44. The van der Waals surface area contributed by atoms with Crippen molar-refractivity contribution < 1.29 is 9.53 Å². The van der Waals surface area contributed by atoms with E-state index in [1.54, 1.807) is 0 Å². The summed E-state index contributed by atoms with van der Waals surface area (Å²) in [5.74, 6) is -0.167. The molecule has 13 heavy (non-hydrogen) atoms. The van der Waals surface area contributed by atoms with E-state index < -0.39 is 0 Å². The number of nitrogens with zero attached hydrogens (tertiary/aromatic N) is 1. The number of aryl methyl sites for hydroxylation is 1. The summed E-state index contributed by atoms with van der Waals surface area (Å²) in [6.07, 6.45) is 0.886. The van der Waals surface area contributed by atoms with Gasteiger partial charge < -0.3 is 4.74 Å². The van der Waals surface area contributed by atoms with Gasteiger partial charge in [-0.15, -0.1) is 11.3 Å². The lowest BCUT2D eigenvalue weighted by Crippen LogP contribution is -2.16. The van der Waals surface area contributed by atoms with Crippen LogP contribution >= 0.6 is 11.3 Å². The first-order valence-corrected chi connectivity index (χ1v) is 4.87. The zero-order valence-corrected chi connectivity index (χ0v) is 8.48. The quantitative estimate of drug-likeness (QED) is 0.796. The molecule has 0 aliphatic carbocycles. The molecule has 1 heterocycles. The first kappa shape index (κ1) is 10.1. The lowest BCUT2D eigenvalue weighted by atomic mass is 10.4. The Morgan fingerprint density at radius 3 is 3.08 bits per heavy atom. The summed E-state index contributed by atoms with van der Waals surface area (Å²) < 4.78 is 4.67. The summed E-state index contributed by atoms with van der Waals surface area (Å²) in [5.41, 5.74) is 0.998. The summed E-state index contributed by atoms with van der Waals surface area (Å²) in [6.45, 7) is 2.09. The second kappa shape index (κ2) is 4.94. The van der Waals surface area contributed by atoms with Gasteiger partial charge in [0.2, 0.25) is 0 Å². The minimum atomic E-state index is -0.167. The highest BCUT2D eigenvalue weighted by molar-refractivity contribution is 7.13. The second-order valence-electron chi connectivity index (χ2n) is 2.48. The molecule has 5 heteroatoms. The van der Waals surface area contributed by atoms with Gasteiger partial charge in [-0.05, 0) is 6.42 Å². The molecule has 0 fully saturated rings. The molecule has 0 unspecified atom stereocenters. The number of anilines is 1. The third-order valence-corrected chi connectivity index (χ3v) is 2.24. The Balaban J connectivity index is 2.49. The molecule has 1 N–H and O–H groups in total. The van der Waals surface area contributed by atoms with Gasteiger partial charge in [0.15, 0.2) is 5.13 Å². The number of methoxy groups -OCH3 is 1. The second-order valence-corrected chi connectivity index (χ2v) is 3.34. The fourth-order valence-electron chi connectivity index (χ4n) is 0.813. The highest BCUT2D eigenvalue weighted by Crippen LogP contribution is 2.15. The SMILES string of the molecule is CCc1csc(NC(=O)COC)n1. The Morgan fingerprint density at radius 1 is 1.77 bits per heavy atom. The number of carbonyl (C=O) groups excluding carboxylic acids is 1. The normalized spacial score (nSPS) is 10.0. The molecule has 0 bridgehead atoms. The molecule has 0 aliphatic rings. The van der Waals surface area contributed by atoms with Gasteiger partial charge in [-0.1, -0.05) is 6.92 Å². The number of hydrogen-bond donors (Lipinski definition) is 1. The molecule has 0 radical (unpaired) electrons. The number of ether oxygens (including phenoxy) is 1. The summed E-state index contributed by atoms with van der Waals surface area (Å²) in [6, 6.07) is 0. The summed E-state index contributed by atoms with van der Waals surface area (Å²) in [5, 5.41) is 5.21. The van der Waals surface area contributed by atoms with Crippen LogP contribution in [0.5, 0.6) is 0 Å². The Bertz CT molecular complexity index is 285. The minimum absolute atomic E-state index is 0.0705. The molecule has 1 aromatic heterocycles. The number of thiazole rings is 1. The molecule has 4 nitrogen and oxygen atoms in total. The molecule has 0 atom stereocenters. The summed E-state index contributed by atoms with van der Waals surface area (Å²) >= 11 is 1.43. The number of carbonyl (C=O) groups is 1. The smallest absolute Gasteiger partial charge is 0.252 e. The monoisotopic (exact) mass is 200 g/mol. The van der Waals surface area contributed by atoms with Crippen molar-refractivity contribution in [2.24, 2.45) is 0 Å². The summed E-state index contributed by atoms with van der Waals surface area (Å²) in [7, 11) is 1.49. The van der Waals surface area contributed by atoms with Crippen molar-refractivity contribution in [1.29, 1.82) is 0 Å². The van der Waals surface area contributed by atoms with Gasteiger partial charge in [0.05, 0.1) is 5.69 Å². The van der Waals surface area contributed by atoms with Crippen molar-refractivity contribution in [1.82, 2.24) is 4.98 Å². The van der Waals surface area contributed by atoms with Gasteiger partial charge in [-0.2, -0.15) is 0 Å². The molecule has 0 aliphatic heterocycles. The Hall–Kier alpha value is -0.940. The van der Waals surface area contributed by atoms with Crippen LogP contribution in [0.15, 0.2) is 5.38 Å². The molecule has 0 aromatic carbocycles. The van der Waals surface area contributed by atoms with E-state index >= 15 is 0 Å². The van der Waals surface area contributed by atoms with Crippen molar-refractivity contribution in [3.63, 3.8) is 0 Å². The number of aromatic nitrogens is 1. The topological polar surface area (TPSA) is 51.2 Å². The largest absolute Gasteiger partial charge is 0.375 e. The predicted octanol–water partition coefficient (Wildman–Crippen LogP) is 1.29.